The summed E-state index contributed by atoms with van der Waals surface area (Å²) < 4.78 is 17.4. The molecule has 1 fully saturated rings. The lowest BCUT2D eigenvalue weighted by molar-refractivity contribution is -0.00348. The standard InChI is InChI=1S/C5H8BrFO3/c6-5-3(7)4(9)2(1-8)10-5/h2-5,8-9H,1H2/t2-,3+,4-,5+/m1/s1. The predicted octanol–water partition coefficient (Wildman–Crippen LogP) is -0.203. The minimum absolute atomic E-state index is 0.357. The van der Waals surface area contributed by atoms with Crippen molar-refractivity contribution in [2.75, 3.05) is 6.61 Å². The van der Waals surface area contributed by atoms with Gasteiger partial charge in [0.15, 0.2) is 6.17 Å². The van der Waals surface area contributed by atoms with Crippen molar-refractivity contribution in [2.45, 2.75) is 23.4 Å². The van der Waals surface area contributed by atoms with Crippen LogP contribution in [-0.2, 0) is 4.74 Å². The summed E-state index contributed by atoms with van der Waals surface area (Å²) in [5, 5.41) is 16.6. The Balaban J connectivity index is 2.53. The molecule has 5 heteroatoms. The van der Waals surface area contributed by atoms with Crippen LogP contribution in [0.4, 0.5) is 4.39 Å². The van der Waals surface area contributed by atoms with E-state index in [1.165, 1.54) is 0 Å². The maximum Gasteiger partial charge on any atom is 0.164 e. The van der Waals surface area contributed by atoms with Crippen LogP contribution in [0.3, 0.4) is 0 Å². The molecule has 3 nitrogen and oxygen atoms in total. The molecule has 0 aliphatic carbocycles. The van der Waals surface area contributed by atoms with E-state index in [0.29, 0.717) is 0 Å². The predicted molar refractivity (Wildman–Crippen MR) is 35.6 cm³/mol. The van der Waals surface area contributed by atoms with Gasteiger partial charge in [-0.15, -0.1) is 0 Å². The van der Waals surface area contributed by atoms with E-state index in [0.717, 1.165) is 0 Å². The van der Waals surface area contributed by atoms with Crippen LogP contribution in [0.1, 0.15) is 0 Å². The Labute approximate surface area is 65.9 Å². The summed E-state index contributed by atoms with van der Waals surface area (Å²) >= 11 is 2.86. The van der Waals surface area contributed by atoms with Gasteiger partial charge in [-0.1, -0.05) is 15.9 Å². The first-order chi connectivity index (χ1) is 4.66. The fourth-order valence-corrected chi connectivity index (χ4v) is 1.42. The molecule has 0 unspecified atom stereocenters. The number of rotatable bonds is 1. The van der Waals surface area contributed by atoms with Crippen molar-refractivity contribution in [3.8, 4) is 0 Å². The van der Waals surface area contributed by atoms with Crippen LogP contribution in [-0.4, -0.2) is 40.2 Å². The Morgan fingerprint density at radius 3 is 2.40 bits per heavy atom. The molecule has 1 aliphatic heterocycles. The highest BCUT2D eigenvalue weighted by Gasteiger charge is 2.42. The molecule has 0 spiro atoms. The Morgan fingerprint density at radius 1 is 1.60 bits per heavy atom. The van der Waals surface area contributed by atoms with Crippen LogP contribution in [0.25, 0.3) is 0 Å². The lowest BCUT2D eigenvalue weighted by atomic mass is 10.2. The molecule has 0 amide bonds. The number of aliphatic hydroxyl groups excluding tert-OH is 2. The third-order valence-electron chi connectivity index (χ3n) is 1.44. The molecule has 0 bridgehead atoms. The van der Waals surface area contributed by atoms with Gasteiger partial charge in [-0.05, 0) is 0 Å². The van der Waals surface area contributed by atoms with Crippen LogP contribution >= 0.6 is 15.9 Å². The van der Waals surface area contributed by atoms with E-state index in [1.807, 2.05) is 0 Å². The van der Waals surface area contributed by atoms with Gasteiger partial charge in [-0.3, -0.25) is 0 Å². The zero-order valence-corrected chi connectivity index (χ0v) is 6.66. The van der Waals surface area contributed by atoms with Gasteiger partial charge in [0.25, 0.3) is 0 Å². The van der Waals surface area contributed by atoms with Crippen molar-refractivity contribution < 1.29 is 19.3 Å². The summed E-state index contributed by atoms with van der Waals surface area (Å²) in [7, 11) is 0. The van der Waals surface area contributed by atoms with Gasteiger partial charge < -0.3 is 14.9 Å². The summed E-state index contributed by atoms with van der Waals surface area (Å²) in [6.45, 7) is -0.357. The fraction of sp³-hybridized carbons (Fsp3) is 1.00. The number of hydrogen-bond acceptors (Lipinski definition) is 3. The van der Waals surface area contributed by atoms with Crippen molar-refractivity contribution in [2.24, 2.45) is 0 Å². The van der Waals surface area contributed by atoms with E-state index in [9.17, 15) is 4.39 Å². The minimum atomic E-state index is -1.45. The van der Waals surface area contributed by atoms with E-state index < -0.39 is 23.4 Å². The lowest BCUT2D eigenvalue weighted by Gasteiger charge is -2.08. The smallest absolute Gasteiger partial charge is 0.164 e. The second-order valence-electron chi connectivity index (χ2n) is 2.14. The van der Waals surface area contributed by atoms with Crippen LogP contribution in [0.2, 0.25) is 0 Å². The normalized spacial score (nSPS) is 48.0. The molecule has 4 atom stereocenters. The highest BCUT2D eigenvalue weighted by Crippen LogP contribution is 2.27. The van der Waals surface area contributed by atoms with Gasteiger partial charge in [0.05, 0.1) is 6.61 Å². The zero-order chi connectivity index (χ0) is 7.72. The van der Waals surface area contributed by atoms with E-state index in [4.69, 9.17) is 14.9 Å². The average molecular weight is 215 g/mol. The second kappa shape index (κ2) is 3.13. The molecule has 60 valence electrons. The second-order valence-corrected chi connectivity index (χ2v) is 3.05. The van der Waals surface area contributed by atoms with Crippen molar-refractivity contribution in [3.63, 3.8) is 0 Å². The summed E-state index contributed by atoms with van der Waals surface area (Å²) in [5.41, 5.74) is 0. The first-order valence-corrected chi connectivity index (χ1v) is 3.81. The fourth-order valence-electron chi connectivity index (χ4n) is 0.834. The maximum atomic E-state index is 12.6. The Morgan fingerprint density at radius 2 is 2.20 bits per heavy atom. The number of hydrogen-bond donors (Lipinski definition) is 2. The van der Waals surface area contributed by atoms with Gasteiger partial charge in [-0.2, -0.15) is 0 Å². The van der Waals surface area contributed by atoms with E-state index in [2.05, 4.69) is 15.9 Å². The van der Waals surface area contributed by atoms with E-state index in [-0.39, 0.29) is 6.61 Å². The molecule has 1 heterocycles. The third-order valence-corrected chi connectivity index (χ3v) is 2.16. The highest BCUT2D eigenvalue weighted by atomic mass is 79.9. The van der Waals surface area contributed by atoms with E-state index >= 15 is 0 Å². The van der Waals surface area contributed by atoms with Gasteiger partial charge >= 0.3 is 0 Å². The molecule has 0 saturated carbocycles. The summed E-state index contributed by atoms with van der Waals surface area (Å²) in [6, 6.07) is 0. The summed E-state index contributed by atoms with van der Waals surface area (Å²) in [5.74, 6) is 0. The Kier molecular flexibility index (Phi) is 2.62. The van der Waals surface area contributed by atoms with E-state index in [1.54, 1.807) is 0 Å². The van der Waals surface area contributed by atoms with Crippen molar-refractivity contribution in [1.82, 2.24) is 0 Å². The van der Waals surface area contributed by atoms with Gasteiger partial charge in [0, 0.05) is 0 Å². The van der Waals surface area contributed by atoms with Crippen molar-refractivity contribution in [3.05, 3.63) is 0 Å². The molecule has 0 aromatic heterocycles. The third kappa shape index (κ3) is 1.32. The molecule has 0 aromatic carbocycles. The Bertz CT molecular complexity index is 123. The first-order valence-electron chi connectivity index (χ1n) is 2.89. The van der Waals surface area contributed by atoms with Crippen LogP contribution in [0.5, 0.6) is 0 Å². The quantitative estimate of drug-likeness (QED) is 0.595. The zero-order valence-electron chi connectivity index (χ0n) is 5.08. The number of ether oxygens (including phenoxy) is 1. The van der Waals surface area contributed by atoms with Gasteiger partial charge in [0.1, 0.15) is 17.2 Å². The van der Waals surface area contributed by atoms with Gasteiger partial charge in [0.2, 0.25) is 0 Å². The number of halogens is 2. The molecule has 0 aromatic rings. The molecular formula is C5H8BrFO3. The lowest BCUT2D eigenvalue weighted by Crippen LogP contribution is -2.30. The highest BCUT2D eigenvalue weighted by molar-refractivity contribution is 9.09. The summed E-state index contributed by atoms with van der Waals surface area (Å²) in [4.78, 5) is 0. The largest absolute Gasteiger partial charge is 0.394 e. The monoisotopic (exact) mass is 214 g/mol. The number of alkyl halides is 2. The van der Waals surface area contributed by atoms with Gasteiger partial charge in [-0.25, -0.2) is 4.39 Å². The molecule has 1 rings (SSSR count). The van der Waals surface area contributed by atoms with Crippen LogP contribution < -0.4 is 0 Å². The maximum absolute atomic E-state index is 12.6. The molecule has 1 aliphatic rings. The average Bonchev–Trinajstić information content (AvgIpc) is 2.17. The Hall–Kier alpha value is 0.290. The molecule has 1 saturated heterocycles. The SMILES string of the molecule is OC[C@H]1O[C@H](Br)[C@@H](F)[C@@H]1O. The number of aliphatic hydroxyl groups is 2. The minimum Gasteiger partial charge on any atom is -0.394 e. The molecule has 2 N–H and O–H groups in total. The van der Waals surface area contributed by atoms with Crippen LogP contribution in [0, 0.1) is 0 Å². The molecular weight excluding hydrogens is 207 g/mol. The summed E-state index contributed by atoms with van der Waals surface area (Å²) in [6.07, 6.45) is -3.45. The van der Waals surface area contributed by atoms with Crippen LogP contribution in [0.15, 0.2) is 0 Å². The molecule has 10 heavy (non-hydrogen) atoms. The first kappa shape index (κ1) is 8.39. The van der Waals surface area contributed by atoms with Crippen molar-refractivity contribution in [1.29, 1.82) is 0 Å². The van der Waals surface area contributed by atoms with Crippen molar-refractivity contribution >= 4 is 15.9 Å². The topological polar surface area (TPSA) is 49.7 Å². The molecule has 0 radical (unpaired) electrons.